The van der Waals surface area contributed by atoms with Crippen LogP contribution in [0, 0.1) is 0 Å². The zero-order chi connectivity index (χ0) is 10.9. The van der Waals surface area contributed by atoms with Gasteiger partial charge in [-0.3, -0.25) is 0 Å². The molecule has 1 saturated heterocycles. The van der Waals surface area contributed by atoms with Gasteiger partial charge in [-0.2, -0.15) is 0 Å². The number of aliphatic hydroxyl groups excluding tert-OH is 1. The molecule has 0 spiro atoms. The van der Waals surface area contributed by atoms with Gasteiger partial charge in [0, 0.05) is 32.8 Å². The van der Waals surface area contributed by atoms with Crippen molar-refractivity contribution in [3.8, 4) is 0 Å². The molecule has 90 valence electrons. The van der Waals surface area contributed by atoms with E-state index in [1.807, 2.05) is 0 Å². The van der Waals surface area contributed by atoms with Crippen molar-refractivity contribution in [2.75, 3.05) is 46.4 Å². The van der Waals surface area contributed by atoms with E-state index in [2.05, 4.69) is 16.8 Å². The van der Waals surface area contributed by atoms with Gasteiger partial charge in [0.05, 0.1) is 0 Å². The maximum atomic E-state index is 8.64. The highest BCUT2D eigenvalue weighted by atomic mass is 16.2. The van der Waals surface area contributed by atoms with Crippen molar-refractivity contribution < 1.29 is 5.11 Å². The van der Waals surface area contributed by atoms with Gasteiger partial charge in [0.2, 0.25) is 0 Å². The molecule has 1 aliphatic rings. The normalized spacial score (nSPS) is 19.6. The lowest BCUT2D eigenvalue weighted by molar-refractivity contribution is 0.152. The van der Waals surface area contributed by atoms with Gasteiger partial charge in [-0.1, -0.05) is 19.3 Å². The number of nitrogens with zero attached hydrogens (tertiary/aromatic N) is 2. The number of piperazine rings is 1. The van der Waals surface area contributed by atoms with E-state index in [1.54, 1.807) is 0 Å². The Hall–Kier alpha value is -0.120. The Labute approximate surface area is 94.1 Å². The second-order valence-electron chi connectivity index (χ2n) is 4.64. The second-order valence-corrected chi connectivity index (χ2v) is 4.64. The quantitative estimate of drug-likeness (QED) is 0.645. The van der Waals surface area contributed by atoms with Crippen LogP contribution in [-0.4, -0.2) is 61.3 Å². The monoisotopic (exact) mass is 214 g/mol. The molecule has 0 amide bonds. The van der Waals surface area contributed by atoms with Crippen molar-refractivity contribution in [3.63, 3.8) is 0 Å². The average Bonchev–Trinajstić information content (AvgIpc) is 2.26. The molecule has 0 aromatic heterocycles. The first-order valence-corrected chi connectivity index (χ1v) is 6.34. The molecule has 0 atom stereocenters. The molecule has 15 heavy (non-hydrogen) atoms. The van der Waals surface area contributed by atoms with Gasteiger partial charge in [-0.05, 0) is 26.4 Å². The highest BCUT2D eigenvalue weighted by Crippen LogP contribution is 2.05. The van der Waals surface area contributed by atoms with Crippen molar-refractivity contribution >= 4 is 0 Å². The summed E-state index contributed by atoms with van der Waals surface area (Å²) in [5.41, 5.74) is 0. The van der Waals surface area contributed by atoms with Crippen molar-refractivity contribution in [2.24, 2.45) is 0 Å². The lowest BCUT2D eigenvalue weighted by Gasteiger charge is -2.32. The minimum atomic E-state index is 0.360. The van der Waals surface area contributed by atoms with Gasteiger partial charge < -0.3 is 14.9 Å². The van der Waals surface area contributed by atoms with Crippen LogP contribution in [0.3, 0.4) is 0 Å². The number of unbranched alkanes of at least 4 members (excludes halogenated alkanes) is 4. The largest absolute Gasteiger partial charge is 0.396 e. The molecule has 3 heteroatoms. The fourth-order valence-electron chi connectivity index (χ4n) is 2.05. The third-order valence-electron chi connectivity index (χ3n) is 3.23. The third-order valence-corrected chi connectivity index (χ3v) is 3.23. The molecule has 0 saturated carbocycles. The molecule has 1 rings (SSSR count). The molecule has 1 fully saturated rings. The Bertz CT molecular complexity index is 145. The van der Waals surface area contributed by atoms with E-state index < -0.39 is 0 Å². The molecule has 0 bridgehead atoms. The topological polar surface area (TPSA) is 26.7 Å². The van der Waals surface area contributed by atoms with Crippen LogP contribution in [0.2, 0.25) is 0 Å². The molecule has 0 aromatic rings. The number of aliphatic hydroxyl groups is 1. The maximum absolute atomic E-state index is 8.64. The Morgan fingerprint density at radius 2 is 1.47 bits per heavy atom. The molecule has 1 N–H and O–H groups in total. The molecule has 1 heterocycles. The van der Waals surface area contributed by atoms with E-state index in [4.69, 9.17) is 5.11 Å². The van der Waals surface area contributed by atoms with Gasteiger partial charge in [-0.25, -0.2) is 0 Å². The van der Waals surface area contributed by atoms with Gasteiger partial charge in [0.1, 0.15) is 0 Å². The van der Waals surface area contributed by atoms with Crippen LogP contribution in [0.25, 0.3) is 0 Å². The van der Waals surface area contributed by atoms with E-state index in [-0.39, 0.29) is 0 Å². The summed E-state index contributed by atoms with van der Waals surface area (Å²) in [6.07, 6.45) is 6.11. The summed E-state index contributed by atoms with van der Waals surface area (Å²) >= 11 is 0. The lowest BCUT2D eigenvalue weighted by Crippen LogP contribution is -2.44. The molecular weight excluding hydrogens is 188 g/mol. The Morgan fingerprint density at radius 1 is 0.867 bits per heavy atom. The Kier molecular flexibility index (Phi) is 6.98. The van der Waals surface area contributed by atoms with E-state index >= 15 is 0 Å². The van der Waals surface area contributed by atoms with Gasteiger partial charge in [0.25, 0.3) is 0 Å². The van der Waals surface area contributed by atoms with Crippen LogP contribution < -0.4 is 0 Å². The van der Waals surface area contributed by atoms with Crippen LogP contribution in [0.15, 0.2) is 0 Å². The highest BCUT2D eigenvalue weighted by molar-refractivity contribution is 4.68. The van der Waals surface area contributed by atoms with E-state index in [1.165, 1.54) is 58.4 Å². The average molecular weight is 214 g/mol. The molecular formula is C12H26N2O. The molecule has 0 radical (unpaired) electrons. The molecule has 3 nitrogen and oxygen atoms in total. The van der Waals surface area contributed by atoms with Gasteiger partial charge in [-0.15, -0.1) is 0 Å². The fraction of sp³-hybridized carbons (Fsp3) is 1.00. The SMILES string of the molecule is CN1CCN(CCCCCCCO)CC1. The van der Waals surface area contributed by atoms with Crippen molar-refractivity contribution in [3.05, 3.63) is 0 Å². The van der Waals surface area contributed by atoms with E-state index in [0.29, 0.717) is 6.61 Å². The first kappa shape index (κ1) is 12.9. The summed E-state index contributed by atoms with van der Waals surface area (Å²) in [7, 11) is 2.20. The number of likely N-dealkylation sites (N-methyl/N-ethyl adjacent to an activating group) is 1. The molecule has 1 aliphatic heterocycles. The summed E-state index contributed by atoms with van der Waals surface area (Å²) in [6, 6.07) is 0. The molecule has 0 aliphatic carbocycles. The van der Waals surface area contributed by atoms with Crippen LogP contribution >= 0.6 is 0 Å². The smallest absolute Gasteiger partial charge is 0.0431 e. The molecule has 0 unspecified atom stereocenters. The fourth-order valence-corrected chi connectivity index (χ4v) is 2.05. The predicted molar refractivity (Wildman–Crippen MR) is 64.1 cm³/mol. The van der Waals surface area contributed by atoms with Crippen LogP contribution in [0.4, 0.5) is 0 Å². The molecule has 0 aromatic carbocycles. The maximum Gasteiger partial charge on any atom is 0.0431 e. The third kappa shape index (κ3) is 6.13. The highest BCUT2D eigenvalue weighted by Gasteiger charge is 2.12. The Balaban J connectivity index is 1.87. The zero-order valence-electron chi connectivity index (χ0n) is 10.1. The second kappa shape index (κ2) is 8.08. The lowest BCUT2D eigenvalue weighted by atomic mass is 10.1. The minimum absolute atomic E-state index is 0.360. The summed E-state index contributed by atoms with van der Waals surface area (Å²) in [6.45, 7) is 6.57. The summed E-state index contributed by atoms with van der Waals surface area (Å²) in [5, 5.41) is 8.64. The van der Waals surface area contributed by atoms with Crippen LogP contribution in [0.5, 0.6) is 0 Å². The first-order chi connectivity index (χ1) is 7.33. The van der Waals surface area contributed by atoms with E-state index in [0.717, 1.165) is 6.42 Å². The minimum Gasteiger partial charge on any atom is -0.396 e. The Morgan fingerprint density at radius 3 is 2.13 bits per heavy atom. The summed E-state index contributed by atoms with van der Waals surface area (Å²) in [5.74, 6) is 0. The predicted octanol–water partition coefficient (Wildman–Crippen LogP) is 1.18. The van der Waals surface area contributed by atoms with Crippen molar-refractivity contribution in [1.82, 2.24) is 9.80 Å². The van der Waals surface area contributed by atoms with Crippen LogP contribution in [-0.2, 0) is 0 Å². The zero-order valence-corrected chi connectivity index (χ0v) is 10.1. The standard InChI is InChI=1S/C12H26N2O/c1-13-8-10-14(11-9-13)7-5-3-2-4-6-12-15/h15H,2-12H2,1H3. The summed E-state index contributed by atoms with van der Waals surface area (Å²) < 4.78 is 0. The summed E-state index contributed by atoms with van der Waals surface area (Å²) in [4.78, 5) is 4.98. The van der Waals surface area contributed by atoms with Crippen LogP contribution in [0.1, 0.15) is 32.1 Å². The number of hydrogen-bond acceptors (Lipinski definition) is 3. The van der Waals surface area contributed by atoms with Gasteiger partial charge >= 0.3 is 0 Å². The van der Waals surface area contributed by atoms with Gasteiger partial charge in [0.15, 0.2) is 0 Å². The van der Waals surface area contributed by atoms with Crippen molar-refractivity contribution in [1.29, 1.82) is 0 Å². The number of rotatable bonds is 7. The first-order valence-electron chi connectivity index (χ1n) is 6.34. The van der Waals surface area contributed by atoms with Crippen molar-refractivity contribution in [2.45, 2.75) is 32.1 Å². The number of hydrogen-bond donors (Lipinski definition) is 1. The van der Waals surface area contributed by atoms with E-state index in [9.17, 15) is 0 Å².